The maximum absolute atomic E-state index is 13.3. The molecule has 1 unspecified atom stereocenters. The van der Waals surface area contributed by atoms with Gasteiger partial charge in [-0.15, -0.1) is 0 Å². The van der Waals surface area contributed by atoms with Crippen LogP contribution in [-0.4, -0.2) is 35.7 Å². The van der Waals surface area contributed by atoms with Crippen molar-refractivity contribution in [2.24, 2.45) is 0 Å². The van der Waals surface area contributed by atoms with Crippen LogP contribution in [0.3, 0.4) is 0 Å². The van der Waals surface area contributed by atoms with Crippen LogP contribution in [0, 0.1) is 5.82 Å². The van der Waals surface area contributed by atoms with Gasteiger partial charge in [-0.3, -0.25) is 4.79 Å². The van der Waals surface area contributed by atoms with Gasteiger partial charge in [0, 0.05) is 20.1 Å². The Morgan fingerprint density at radius 2 is 1.96 bits per heavy atom. The van der Waals surface area contributed by atoms with Crippen molar-refractivity contribution in [2.75, 3.05) is 20.3 Å². The third-order valence-corrected chi connectivity index (χ3v) is 4.73. The number of methoxy groups -OCH3 is 1. The van der Waals surface area contributed by atoms with E-state index in [1.165, 1.54) is 12.1 Å². The number of ether oxygens (including phenoxy) is 1. The van der Waals surface area contributed by atoms with Crippen molar-refractivity contribution >= 4 is 16.9 Å². The van der Waals surface area contributed by atoms with E-state index < -0.39 is 0 Å². The Morgan fingerprint density at radius 1 is 1.21 bits per heavy atom. The highest BCUT2D eigenvalue weighted by atomic mass is 19.1. The van der Waals surface area contributed by atoms with Crippen LogP contribution in [0.5, 0.6) is 0 Å². The molecule has 0 saturated carbocycles. The zero-order chi connectivity index (χ0) is 19.9. The molecule has 1 heterocycles. The van der Waals surface area contributed by atoms with Crippen molar-refractivity contribution in [1.29, 1.82) is 0 Å². The second-order valence-corrected chi connectivity index (χ2v) is 6.78. The molecule has 0 saturated heterocycles. The fourth-order valence-corrected chi connectivity index (χ4v) is 3.40. The zero-order valence-corrected chi connectivity index (χ0v) is 16.3. The summed E-state index contributed by atoms with van der Waals surface area (Å²) < 4.78 is 20.3. The summed E-state index contributed by atoms with van der Waals surface area (Å²) >= 11 is 0. The molecule has 0 radical (unpaired) electrons. The second kappa shape index (κ2) is 9.46. The van der Waals surface area contributed by atoms with Crippen LogP contribution in [0.2, 0.25) is 0 Å². The summed E-state index contributed by atoms with van der Waals surface area (Å²) in [5, 5.41) is 2.96. The molecule has 1 atom stereocenters. The van der Waals surface area contributed by atoms with E-state index in [4.69, 9.17) is 9.72 Å². The summed E-state index contributed by atoms with van der Waals surface area (Å²) in [6.45, 7) is 3.00. The van der Waals surface area contributed by atoms with Gasteiger partial charge in [0.1, 0.15) is 17.7 Å². The van der Waals surface area contributed by atoms with Crippen molar-refractivity contribution in [3.05, 3.63) is 65.7 Å². The van der Waals surface area contributed by atoms with Crippen LogP contribution < -0.4 is 5.32 Å². The van der Waals surface area contributed by atoms with Gasteiger partial charge in [0.15, 0.2) is 0 Å². The van der Waals surface area contributed by atoms with Crippen molar-refractivity contribution in [3.63, 3.8) is 0 Å². The van der Waals surface area contributed by atoms with Crippen LogP contribution in [0.25, 0.3) is 11.0 Å². The first-order chi connectivity index (χ1) is 13.6. The Hall–Kier alpha value is -2.73. The van der Waals surface area contributed by atoms with E-state index in [1.54, 1.807) is 19.2 Å². The summed E-state index contributed by atoms with van der Waals surface area (Å²) in [5.74, 6) is 0.495. The number of para-hydroxylation sites is 2. The van der Waals surface area contributed by atoms with Gasteiger partial charge in [0.25, 0.3) is 0 Å². The van der Waals surface area contributed by atoms with Gasteiger partial charge >= 0.3 is 0 Å². The molecule has 3 aromatic rings. The Kier molecular flexibility index (Phi) is 6.76. The molecule has 6 heteroatoms. The molecule has 0 aliphatic heterocycles. The lowest BCUT2D eigenvalue weighted by molar-refractivity contribution is -0.124. The number of carbonyl (C=O) groups is 1. The maximum atomic E-state index is 13.3. The van der Waals surface area contributed by atoms with Gasteiger partial charge < -0.3 is 14.6 Å². The normalized spacial score (nSPS) is 12.2. The number of imidazole rings is 1. The summed E-state index contributed by atoms with van der Waals surface area (Å²) in [4.78, 5) is 17.7. The first kappa shape index (κ1) is 20.0. The number of nitrogens with zero attached hydrogens (tertiary/aromatic N) is 2. The van der Waals surface area contributed by atoms with Crippen molar-refractivity contribution < 1.29 is 13.9 Å². The molecule has 1 aromatic heterocycles. The zero-order valence-electron chi connectivity index (χ0n) is 16.3. The summed E-state index contributed by atoms with van der Waals surface area (Å²) in [5.41, 5.74) is 2.73. The number of rotatable bonds is 9. The maximum Gasteiger partial charge on any atom is 0.243 e. The minimum atomic E-state index is -0.357. The lowest BCUT2D eigenvalue weighted by atomic mass is 10.1. The van der Waals surface area contributed by atoms with E-state index in [2.05, 4.69) is 12.2 Å². The number of hydrogen-bond donors (Lipinski definition) is 1. The minimum absolute atomic E-state index is 0.0394. The molecule has 1 amide bonds. The molecule has 0 aliphatic rings. The standard InChI is InChI=1S/C22H26FN3O2/c1-3-6-20(22(27)24-13-14-28-2)26-19-8-5-4-7-18(19)25-21(26)15-16-9-11-17(23)12-10-16/h4-5,7-12,20H,3,6,13-15H2,1-2H3,(H,24,27). The third-order valence-electron chi connectivity index (χ3n) is 4.73. The van der Waals surface area contributed by atoms with Crippen molar-refractivity contribution in [3.8, 4) is 0 Å². The van der Waals surface area contributed by atoms with E-state index in [9.17, 15) is 9.18 Å². The highest BCUT2D eigenvalue weighted by Crippen LogP contribution is 2.26. The van der Waals surface area contributed by atoms with Gasteiger partial charge in [-0.25, -0.2) is 9.37 Å². The molecule has 0 bridgehead atoms. The predicted molar refractivity (Wildman–Crippen MR) is 108 cm³/mol. The van der Waals surface area contributed by atoms with Crippen LogP contribution in [0.1, 0.15) is 37.2 Å². The van der Waals surface area contributed by atoms with Gasteiger partial charge in [-0.2, -0.15) is 0 Å². The number of amides is 1. The fourth-order valence-electron chi connectivity index (χ4n) is 3.40. The summed E-state index contributed by atoms with van der Waals surface area (Å²) in [7, 11) is 1.61. The molecular weight excluding hydrogens is 357 g/mol. The number of fused-ring (bicyclic) bond motifs is 1. The highest BCUT2D eigenvalue weighted by Gasteiger charge is 2.24. The second-order valence-electron chi connectivity index (χ2n) is 6.78. The quantitative estimate of drug-likeness (QED) is 0.571. The van der Waals surface area contributed by atoms with E-state index in [1.807, 2.05) is 28.8 Å². The van der Waals surface area contributed by atoms with Crippen LogP contribution in [0.4, 0.5) is 4.39 Å². The lowest BCUT2D eigenvalue weighted by Gasteiger charge is -2.21. The summed E-state index contributed by atoms with van der Waals surface area (Å²) in [6, 6.07) is 13.9. The number of nitrogens with one attached hydrogen (secondary N) is 1. The number of benzene rings is 2. The Morgan fingerprint density at radius 3 is 2.68 bits per heavy atom. The first-order valence-corrected chi connectivity index (χ1v) is 9.61. The largest absolute Gasteiger partial charge is 0.383 e. The first-order valence-electron chi connectivity index (χ1n) is 9.61. The van der Waals surface area contributed by atoms with Gasteiger partial charge in [-0.1, -0.05) is 37.6 Å². The number of hydrogen-bond acceptors (Lipinski definition) is 3. The monoisotopic (exact) mass is 383 g/mol. The van der Waals surface area contributed by atoms with E-state index in [0.29, 0.717) is 26.0 Å². The number of aromatic nitrogens is 2. The number of halogens is 1. The highest BCUT2D eigenvalue weighted by molar-refractivity contribution is 5.84. The fraction of sp³-hybridized carbons (Fsp3) is 0.364. The minimum Gasteiger partial charge on any atom is -0.383 e. The van der Waals surface area contributed by atoms with Crippen LogP contribution in [0.15, 0.2) is 48.5 Å². The molecule has 2 aromatic carbocycles. The van der Waals surface area contributed by atoms with Gasteiger partial charge in [-0.05, 0) is 36.2 Å². The molecule has 3 rings (SSSR count). The average Bonchev–Trinajstić information content (AvgIpc) is 3.05. The third kappa shape index (κ3) is 4.57. The smallest absolute Gasteiger partial charge is 0.243 e. The molecule has 0 fully saturated rings. The molecule has 0 spiro atoms. The SMILES string of the molecule is CCCC(C(=O)NCCOC)n1c(Cc2ccc(F)cc2)nc2ccccc21. The van der Waals surface area contributed by atoms with E-state index in [-0.39, 0.29) is 17.8 Å². The van der Waals surface area contributed by atoms with Crippen molar-refractivity contribution in [1.82, 2.24) is 14.9 Å². The molecule has 0 aliphatic carbocycles. The predicted octanol–water partition coefficient (Wildman–Crippen LogP) is 3.87. The Balaban J connectivity index is 2.00. The molecule has 28 heavy (non-hydrogen) atoms. The molecular formula is C22H26FN3O2. The average molecular weight is 383 g/mol. The van der Waals surface area contributed by atoms with E-state index >= 15 is 0 Å². The molecule has 5 nitrogen and oxygen atoms in total. The van der Waals surface area contributed by atoms with E-state index in [0.717, 1.165) is 28.8 Å². The van der Waals surface area contributed by atoms with Gasteiger partial charge in [0.2, 0.25) is 5.91 Å². The molecule has 148 valence electrons. The molecule has 1 N–H and O–H groups in total. The Labute approximate surface area is 164 Å². The Bertz CT molecular complexity index is 921. The lowest BCUT2D eigenvalue weighted by Crippen LogP contribution is -2.35. The summed E-state index contributed by atoms with van der Waals surface area (Å²) in [6.07, 6.45) is 2.10. The topological polar surface area (TPSA) is 56.1 Å². The van der Waals surface area contributed by atoms with Crippen molar-refractivity contribution in [2.45, 2.75) is 32.2 Å². The number of carbonyl (C=O) groups excluding carboxylic acids is 1. The van der Waals surface area contributed by atoms with Crippen LogP contribution >= 0.6 is 0 Å². The van der Waals surface area contributed by atoms with Gasteiger partial charge in [0.05, 0.1) is 17.6 Å². The van der Waals surface area contributed by atoms with Crippen LogP contribution in [-0.2, 0) is 16.0 Å².